The Balaban J connectivity index is 1.86. The van der Waals surface area contributed by atoms with E-state index in [1.54, 1.807) is 0 Å². The van der Waals surface area contributed by atoms with Crippen molar-refractivity contribution in [3.8, 4) is 0 Å². The molecular formula is C11H17N3O2. The van der Waals surface area contributed by atoms with Gasteiger partial charge in [0.25, 0.3) is 0 Å². The predicted octanol–water partition coefficient (Wildman–Crippen LogP) is 0.654. The first-order valence-electron chi connectivity index (χ1n) is 5.69. The fraction of sp³-hybridized carbons (Fsp3) is 0.727. The highest BCUT2D eigenvalue weighted by atomic mass is 16.4. The summed E-state index contributed by atoms with van der Waals surface area (Å²) in [6.07, 6.45) is 3.41. The molecular weight excluding hydrogens is 206 g/mol. The number of carboxylic acid groups (broad SMARTS) is 1. The van der Waals surface area contributed by atoms with Gasteiger partial charge in [0.2, 0.25) is 0 Å². The van der Waals surface area contributed by atoms with Gasteiger partial charge in [0.15, 0.2) is 0 Å². The Labute approximate surface area is 94.9 Å². The molecule has 1 unspecified atom stereocenters. The summed E-state index contributed by atoms with van der Waals surface area (Å²) >= 11 is 0. The first kappa shape index (κ1) is 11.3. The van der Waals surface area contributed by atoms with Crippen molar-refractivity contribution in [3.63, 3.8) is 0 Å². The lowest BCUT2D eigenvalue weighted by atomic mass is 9.96. The number of hydrogen-bond donors (Lipinski definition) is 1. The summed E-state index contributed by atoms with van der Waals surface area (Å²) in [4.78, 5) is 21.6. The summed E-state index contributed by atoms with van der Waals surface area (Å²) in [6.45, 7) is 4.32. The van der Waals surface area contributed by atoms with Gasteiger partial charge < -0.3 is 5.11 Å². The quantitative estimate of drug-likeness (QED) is 0.747. The van der Waals surface area contributed by atoms with Gasteiger partial charge in [-0.3, -0.25) is 14.7 Å². The highest BCUT2D eigenvalue weighted by molar-refractivity contribution is 5.90. The summed E-state index contributed by atoms with van der Waals surface area (Å²) in [5, 5.41) is 8.90. The van der Waals surface area contributed by atoms with Crippen LogP contribution in [0.4, 0.5) is 0 Å². The van der Waals surface area contributed by atoms with E-state index in [-0.39, 0.29) is 12.0 Å². The van der Waals surface area contributed by atoms with Crippen molar-refractivity contribution in [2.24, 2.45) is 15.9 Å². The zero-order chi connectivity index (χ0) is 11.5. The fourth-order valence-electron chi connectivity index (χ4n) is 2.20. The molecule has 0 bridgehead atoms. The number of amidine groups is 1. The molecule has 0 aromatic carbocycles. The Morgan fingerprint density at radius 1 is 1.50 bits per heavy atom. The van der Waals surface area contributed by atoms with Gasteiger partial charge in [0, 0.05) is 6.21 Å². The Hall–Kier alpha value is -1.23. The maximum absolute atomic E-state index is 10.8. The van der Waals surface area contributed by atoms with Crippen LogP contribution in [0.3, 0.4) is 0 Å². The van der Waals surface area contributed by atoms with Crippen molar-refractivity contribution in [1.29, 1.82) is 0 Å². The Morgan fingerprint density at radius 2 is 2.19 bits per heavy atom. The number of carboxylic acids is 1. The van der Waals surface area contributed by atoms with Crippen LogP contribution < -0.4 is 0 Å². The second-order valence-electron chi connectivity index (χ2n) is 4.38. The van der Waals surface area contributed by atoms with Crippen molar-refractivity contribution < 1.29 is 9.90 Å². The van der Waals surface area contributed by atoms with Gasteiger partial charge in [-0.15, -0.1) is 0 Å². The van der Waals surface area contributed by atoms with E-state index < -0.39 is 5.97 Å². The Kier molecular flexibility index (Phi) is 3.33. The lowest BCUT2D eigenvalue weighted by Gasteiger charge is -2.34. The van der Waals surface area contributed by atoms with Crippen molar-refractivity contribution in [2.75, 3.05) is 19.6 Å². The minimum atomic E-state index is -0.661. The van der Waals surface area contributed by atoms with Crippen LogP contribution in [0, 0.1) is 5.92 Å². The number of likely N-dealkylation sites (tertiary alicyclic amines) is 1. The van der Waals surface area contributed by atoms with Gasteiger partial charge >= 0.3 is 5.97 Å². The van der Waals surface area contributed by atoms with E-state index in [1.165, 1.54) is 0 Å². The zero-order valence-electron chi connectivity index (χ0n) is 9.46. The largest absolute Gasteiger partial charge is 0.481 e. The number of piperidine rings is 1. The molecule has 1 saturated heterocycles. The molecule has 0 radical (unpaired) electrons. The fourth-order valence-corrected chi connectivity index (χ4v) is 2.20. The summed E-state index contributed by atoms with van der Waals surface area (Å²) in [5.41, 5.74) is 0. The third kappa shape index (κ3) is 2.47. The SMILES string of the molecule is CC1=NCC(N2CCC(C(=O)O)CC2)C=N1. The van der Waals surface area contributed by atoms with Crippen LogP contribution >= 0.6 is 0 Å². The van der Waals surface area contributed by atoms with E-state index in [4.69, 9.17) is 5.11 Å². The number of nitrogens with zero attached hydrogens (tertiary/aromatic N) is 3. The molecule has 2 heterocycles. The molecule has 0 aromatic rings. The van der Waals surface area contributed by atoms with Crippen LogP contribution in [0.15, 0.2) is 9.98 Å². The van der Waals surface area contributed by atoms with Crippen LogP contribution in [0.2, 0.25) is 0 Å². The molecule has 0 aliphatic carbocycles. The second-order valence-corrected chi connectivity index (χ2v) is 4.38. The molecule has 0 aromatic heterocycles. The van der Waals surface area contributed by atoms with Gasteiger partial charge in [-0.25, -0.2) is 4.99 Å². The molecule has 16 heavy (non-hydrogen) atoms. The summed E-state index contributed by atoms with van der Waals surface area (Å²) in [5.74, 6) is 0.00418. The number of hydrogen-bond acceptors (Lipinski definition) is 4. The van der Waals surface area contributed by atoms with E-state index >= 15 is 0 Å². The molecule has 2 aliphatic rings. The first-order chi connectivity index (χ1) is 7.66. The standard InChI is InChI=1S/C11H17N3O2/c1-8-12-6-10(7-13-8)14-4-2-9(3-5-14)11(15)16/h6,9-10H,2-5,7H2,1H3,(H,15,16). The topological polar surface area (TPSA) is 65.3 Å². The lowest BCUT2D eigenvalue weighted by molar-refractivity contribution is -0.143. The van der Waals surface area contributed by atoms with Crippen LogP contribution in [0.1, 0.15) is 19.8 Å². The maximum atomic E-state index is 10.8. The third-order valence-corrected chi connectivity index (χ3v) is 3.29. The second kappa shape index (κ2) is 4.74. The van der Waals surface area contributed by atoms with E-state index in [2.05, 4.69) is 14.9 Å². The van der Waals surface area contributed by atoms with E-state index in [9.17, 15) is 4.79 Å². The molecule has 1 N–H and O–H groups in total. The number of rotatable bonds is 2. The predicted molar refractivity (Wildman–Crippen MR) is 62.2 cm³/mol. The molecule has 0 saturated carbocycles. The van der Waals surface area contributed by atoms with Crippen molar-refractivity contribution >= 4 is 18.0 Å². The molecule has 5 nitrogen and oxygen atoms in total. The average Bonchev–Trinajstić information content (AvgIpc) is 2.30. The van der Waals surface area contributed by atoms with Crippen molar-refractivity contribution in [1.82, 2.24) is 4.90 Å². The number of aliphatic imine (C=N–C) groups is 2. The highest BCUT2D eigenvalue weighted by Gasteiger charge is 2.28. The average molecular weight is 223 g/mol. The van der Waals surface area contributed by atoms with Crippen molar-refractivity contribution in [3.05, 3.63) is 0 Å². The minimum absolute atomic E-state index is 0.165. The van der Waals surface area contributed by atoms with E-state index in [0.717, 1.165) is 38.3 Å². The normalized spacial score (nSPS) is 27.8. The maximum Gasteiger partial charge on any atom is 0.306 e. The molecule has 1 fully saturated rings. The molecule has 5 heteroatoms. The summed E-state index contributed by atoms with van der Waals surface area (Å²) in [7, 11) is 0. The highest BCUT2D eigenvalue weighted by Crippen LogP contribution is 2.19. The first-order valence-corrected chi connectivity index (χ1v) is 5.69. The van der Waals surface area contributed by atoms with Crippen LogP contribution in [-0.2, 0) is 4.79 Å². The van der Waals surface area contributed by atoms with Crippen LogP contribution in [0.5, 0.6) is 0 Å². The molecule has 0 amide bonds. The van der Waals surface area contributed by atoms with E-state index in [0.29, 0.717) is 0 Å². The number of carbonyl (C=O) groups is 1. The third-order valence-electron chi connectivity index (χ3n) is 3.29. The Bertz CT molecular complexity index is 330. The Morgan fingerprint density at radius 3 is 2.69 bits per heavy atom. The monoisotopic (exact) mass is 223 g/mol. The van der Waals surface area contributed by atoms with Crippen molar-refractivity contribution in [2.45, 2.75) is 25.8 Å². The van der Waals surface area contributed by atoms with Gasteiger partial charge in [0.05, 0.1) is 18.5 Å². The molecule has 0 spiro atoms. The van der Waals surface area contributed by atoms with E-state index in [1.807, 2.05) is 13.1 Å². The lowest BCUT2D eigenvalue weighted by Crippen LogP contribution is -2.46. The van der Waals surface area contributed by atoms with Crippen LogP contribution in [-0.4, -0.2) is 53.7 Å². The van der Waals surface area contributed by atoms with Gasteiger partial charge in [0.1, 0.15) is 5.84 Å². The zero-order valence-corrected chi connectivity index (χ0v) is 9.46. The van der Waals surface area contributed by atoms with Gasteiger partial charge in [-0.05, 0) is 32.9 Å². The minimum Gasteiger partial charge on any atom is -0.481 e. The number of aliphatic carboxylic acids is 1. The van der Waals surface area contributed by atoms with Gasteiger partial charge in [-0.1, -0.05) is 0 Å². The molecule has 88 valence electrons. The smallest absolute Gasteiger partial charge is 0.306 e. The molecule has 2 rings (SSSR count). The van der Waals surface area contributed by atoms with Gasteiger partial charge in [-0.2, -0.15) is 0 Å². The summed E-state index contributed by atoms with van der Waals surface area (Å²) in [6, 6.07) is 0.262. The summed E-state index contributed by atoms with van der Waals surface area (Å²) < 4.78 is 0. The van der Waals surface area contributed by atoms with Crippen LogP contribution in [0.25, 0.3) is 0 Å². The molecule has 1 atom stereocenters. The molecule has 2 aliphatic heterocycles.